The third-order valence-corrected chi connectivity index (χ3v) is 5.22. The second-order valence-electron chi connectivity index (χ2n) is 6.71. The van der Waals surface area contributed by atoms with Crippen LogP contribution in [0.4, 0.5) is 0 Å². The lowest BCUT2D eigenvalue weighted by atomic mass is 9.81. The van der Waals surface area contributed by atoms with Gasteiger partial charge >= 0.3 is 0 Å². The Labute approximate surface area is 153 Å². The normalized spacial score (nSPS) is 18.4. The third-order valence-electron chi connectivity index (χ3n) is 5.05. The van der Waals surface area contributed by atoms with Crippen molar-refractivity contribution in [2.24, 2.45) is 5.73 Å². The second-order valence-corrected chi connectivity index (χ2v) is 7.05. The molecule has 0 bridgehead atoms. The van der Waals surface area contributed by atoms with Gasteiger partial charge in [-0.2, -0.15) is 0 Å². The Balaban J connectivity index is 1.72. The van der Waals surface area contributed by atoms with Crippen LogP contribution in [-0.2, 0) is 18.3 Å². The maximum Gasteiger partial charge on any atom is 0.267 e. The van der Waals surface area contributed by atoms with Crippen molar-refractivity contribution in [1.29, 1.82) is 0 Å². The number of rotatable bonds is 6. The number of carbonyl (C=O) groups excluding carboxylic acids is 1. The molecule has 3 rings (SSSR count). The molecule has 1 aromatic heterocycles. The van der Waals surface area contributed by atoms with Gasteiger partial charge in [0.2, 0.25) is 5.28 Å². The molecule has 4 nitrogen and oxygen atoms in total. The van der Waals surface area contributed by atoms with Gasteiger partial charge in [0.1, 0.15) is 5.69 Å². The lowest BCUT2D eigenvalue weighted by molar-refractivity contribution is 0.0995. The van der Waals surface area contributed by atoms with Gasteiger partial charge in [-0.05, 0) is 60.0 Å². The third kappa shape index (κ3) is 3.59. The van der Waals surface area contributed by atoms with E-state index < -0.39 is 5.91 Å². The summed E-state index contributed by atoms with van der Waals surface area (Å²) in [6.45, 7) is 4.51. The minimum Gasteiger partial charge on any atom is -0.364 e. The molecule has 1 unspecified atom stereocenters. The number of allylic oxidation sites excluding steroid dienone is 1. The monoisotopic (exact) mass is 355 g/mol. The Morgan fingerprint density at radius 3 is 2.80 bits per heavy atom. The van der Waals surface area contributed by atoms with Gasteiger partial charge in [0, 0.05) is 11.1 Å². The first-order valence-corrected chi connectivity index (χ1v) is 8.95. The number of benzene rings is 1. The van der Waals surface area contributed by atoms with Crippen LogP contribution in [0.2, 0.25) is 5.28 Å². The van der Waals surface area contributed by atoms with Gasteiger partial charge in [0.05, 0.1) is 0 Å². The predicted octanol–water partition coefficient (Wildman–Crippen LogP) is 4.10. The van der Waals surface area contributed by atoms with Gasteiger partial charge in [-0.1, -0.05) is 44.2 Å². The van der Waals surface area contributed by atoms with E-state index in [1.54, 1.807) is 6.07 Å². The van der Waals surface area contributed by atoms with E-state index >= 15 is 0 Å². The minimum absolute atomic E-state index is 0.0635. The maximum atomic E-state index is 11.3. The highest BCUT2D eigenvalue weighted by atomic mass is 35.5. The quantitative estimate of drug-likeness (QED) is 0.793. The molecule has 1 amide bonds. The lowest BCUT2D eigenvalue weighted by Gasteiger charge is -2.22. The summed E-state index contributed by atoms with van der Waals surface area (Å²) in [5.74, 6) is -0.588. The number of carbonyl (C=O) groups is 1. The molecule has 2 N–H and O–H groups in total. The number of nitrogens with zero attached hydrogens (tertiary/aromatic N) is 2. The van der Waals surface area contributed by atoms with Crippen LogP contribution < -0.4 is 5.73 Å². The standard InChI is InChI=1S/C20H22ClN3O/c1-3-20(2)11-10-15-13(7-5-9-16(15)20)6-4-8-14-12-17(18(22)25)24-19(21)23-14/h5,7,9-12H,3-4,6,8H2,1-2H3,(H2,22,25). The first-order chi connectivity index (χ1) is 11.9. The molecule has 1 aliphatic rings. The van der Waals surface area contributed by atoms with Gasteiger partial charge in [0.25, 0.3) is 5.91 Å². The number of amides is 1. The summed E-state index contributed by atoms with van der Waals surface area (Å²) in [6.07, 6.45) is 8.24. The van der Waals surface area contributed by atoms with Gasteiger partial charge in [0.15, 0.2) is 0 Å². The largest absolute Gasteiger partial charge is 0.364 e. The fourth-order valence-corrected chi connectivity index (χ4v) is 3.57. The minimum atomic E-state index is -0.588. The Kier molecular flexibility index (Phi) is 4.91. The molecule has 0 fully saturated rings. The molecule has 0 aliphatic heterocycles. The zero-order chi connectivity index (χ0) is 18.0. The van der Waals surface area contributed by atoms with Gasteiger partial charge < -0.3 is 5.73 Å². The van der Waals surface area contributed by atoms with Crippen molar-refractivity contribution in [2.45, 2.75) is 44.9 Å². The second kappa shape index (κ2) is 6.96. The van der Waals surface area contributed by atoms with Gasteiger partial charge in [-0.3, -0.25) is 4.79 Å². The number of aromatic nitrogens is 2. The molecule has 25 heavy (non-hydrogen) atoms. The first-order valence-electron chi connectivity index (χ1n) is 8.58. The van der Waals surface area contributed by atoms with Crippen molar-refractivity contribution in [3.05, 3.63) is 63.7 Å². The first kappa shape index (κ1) is 17.6. The number of aryl methyl sites for hydroxylation is 2. The van der Waals surface area contributed by atoms with Crippen molar-refractivity contribution in [3.8, 4) is 0 Å². The van der Waals surface area contributed by atoms with E-state index in [1.807, 2.05) is 0 Å². The van der Waals surface area contributed by atoms with Crippen LogP contribution >= 0.6 is 11.6 Å². The smallest absolute Gasteiger partial charge is 0.267 e. The number of fused-ring (bicyclic) bond motifs is 1. The summed E-state index contributed by atoms with van der Waals surface area (Å²) in [5, 5.41) is 0.0635. The summed E-state index contributed by atoms with van der Waals surface area (Å²) in [7, 11) is 0. The molecule has 1 heterocycles. The van der Waals surface area contributed by atoms with Crippen molar-refractivity contribution in [2.75, 3.05) is 0 Å². The van der Waals surface area contributed by atoms with Crippen LogP contribution in [0.3, 0.4) is 0 Å². The fourth-order valence-electron chi connectivity index (χ4n) is 3.37. The highest BCUT2D eigenvalue weighted by Gasteiger charge is 2.28. The average Bonchev–Trinajstić information content (AvgIpc) is 2.93. The Bertz CT molecular complexity index is 847. The number of halogens is 1. The van der Waals surface area contributed by atoms with E-state index in [-0.39, 0.29) is 16.4 Å². The summed E-state index contributed by atoms with van der Waals surface area (Å²) >= 11 is 5.87. The highest BCUT2D eigenvalue weighted by molar-refractivity contribution is 6.28. The van der Waals surface area contributed by atoms with Crippen LogP contribution in [0.5, 0.6) is 0 Å². The zero-order valence-corrected chi connectivity index (χ0v) is 15.3. The number of nitrogens with two attached hydrogens (primary N) is 1. The number of hydrogen-bond acceptors (Lipinski definition) is 3. The topological polar surface area (TPSA) is 68.9 Å². The molecule has 0 radical (unpaired) electrons. The summed E-state index contributed by atoms with van der Waals surface area (Å²) < 4.78 is 0. The van der Waals surface area contributed by atoms with E-state index in [4.69, 9.17) is 17.3 Å². The molecule has 5 heteroatoms. The Morgan fingerprint density at radius 1 is 1.28 bits per heavy atom. The zero-order valence-electron chi connectivity index (χ0n) is 14.6. The lowest BCUT2D eigenvalue weighted by Crippen LogP contribution is -2.15. The van der Waals surface area contributed by atoms with Gasteiger partial charge in [-0.15, -0.1) is 0 Å². The van der Waals surface area contributed by atoms with Crippen molar-refractivity contribution >= 4 is 23.6 Å². The Hall–Kier alpha value is -2.20. The molecule has 130 valence electrons. The van der Waals surface area contributed by atoms with Crippen LogP contribution in [-0.4, -0.2) is 15.9 Å². The predicted molar refractivity (Wildman–Crippen MR) is 101 cm³/mol. The summed E-state index contributed by atoms with van der Waals surface area (Å²) in [5.41, 5.74) is 10.4. The number of hydrogen-bond donors (Lipinski definition) is 1. The molecule has 0 saturated heterocycles. The SMILES string of the molecule is CCC1(C)C=Cc2c(CCCc3cc(C(N)=O)nc(Cl)n3)cccc21. The van der Waals surface area contributed by atoms with E-state index in [9.17, 15) is 4.79 Å². The van der Waals surface area contributed by atoms with Gasteiger partial charge in [-0.25, -0.2) is 9.97 Å². The molecular weight excluding hydrogens is 334 g/mol. The van der Waals surface area contributed by atoms with Crippen molar-refractivity contribution in [3.63, 3.8) is 0 Å². The summed E-state index contributed by atoms with van der Waals surface area (Å²) in [6, 6.07) is 8.18. The fraction of sp³-hybridized carbons (Fsp3) is 0.350. The van der Waals surface area contributed by atoms with E-state index in [0.717, 1.165) is 31.4 Å². The highest BCUT2D eigenvalue weighted by Crippen LogP contribution is 2.39. The number of primary amides is 1. The maximum absolute atomic E-state index is 11.3. The van der Waals surface area contributed by atoms with Crippen LogP contribution in [0.25, 0.3) is 6.08 Å². The molecule has 1 aliphatic carbocycles. The van der Waals surface area contributed by atoms with Crippen LogP contribution in [0.15, 0.2) is 30.3 Å². The molecule has 0 spiro atoms. The van der Waals surface area contributed by atoms with Crippen molar-refractivity contribution in [1.82, 2.24) is 9.97 Å². The van der Waals surface area contributed by atoms with Crippen LogP contribution in [0, 0.1) is 0 Å². The van der Waals surface area contributed by atoms with Crippen LogP contribution in [0.1, 0.15) is 59.6 Å². The molecule has 2 aromatic rings. The Morgan fingerprint density at radius 2 is 2.08 bits per heavy atom. The van der Waals surface area contributed by atoms with E-state index in [2.05, 4.69) is 54.2 Å². The molecule has 0 saturated carbocycles. The van der Waals surface area contributed by atoms with Crippen molar-refractivity contribution < 1.29 is 4.79 Å². The molecule has 1 atom stereocenters. The van der Waals surface area contributed by atoms with E-state index in [1.165, 1.54) is 16.7 Å². The van der Waals surface area contributed by atoms with E-state index in [0.29, 0.717) is 0 Å². The average molecular weight is 356 g/mol. The summed E-state index contributed by atoms with van der Waals surface area (Å²) in [4.78, 5) is 19.3. The molecule has 1 aromatic carbocycles. The molecular formula is C20H22ClN3O.